The molecule has 0 radical (unpaired) electrons. The lowest BCUT2D eigenvalue weighted by atomic mass is 10.0. The maximum Gasteiger partial charge on any atom is 0.195 e. The first-order chi connectivity index (χ1) is 8.18. The summed E-state index contributed by atoms with van der Waals surface area (Å²) in [6.07, 6.45) is 0.190. The van der Waals surface area contributed by atoms with Gasteiger partial charge in [0.05, 0.1) is 0 Å². The van der Waals surface area contributed by atoms with Crippen LogP contribution in [-0.4, -0.2) is 15.9 Å². The third-order valence-electron chi connectivity index (χ3n) is 2.37. The van der Waals surface area contributed by atoms with Crippen molar-refractivity contribution < 1.29 is 9.90 Å². The van der Waals surface area contributed by atoms with Gasteiger partial charge in [0.15, 0.2) is 5.78 Å². The van der Waals surface area contributed by atoms with Crippen LogP contribution in [0.2, 0.25) is 5.15 Å². The highest BCUT2D eigenvalue weighted by molar-refractivity contribution is 6.29. The zero-order valence-corrected chi connectivity index (χ0v) is 9.63. The molecule has 1 atom stereocenters. The van der Waals surface area contributed by atoms with Gasteiger partial charge in [-0.3, -0.25) is 4.79 Å². The van der Waals surface area contributed by atoms with Crippen LogP contribution in [0.5, 0.6) is 0 Å². The Morgan fingerprint density at radius 3 is 2.47 bits per heavy atom. The molecule has 1 aromatic carbocycles. The molecule has 4 heteroatoms. The van der Waals surface area contributed by atoms with Gasteiger partial charge in [-0.05, 0) is 6.07 Å². The summed E-state index contributed by atoms with van der Waals surface area (Å²) in [5, 5.41) is 10.2. The molecule has 0 saturated heterocycles. The van der Waals surface area contributed by atoms with Gasteiger partial charge >= 0.3 is 0 Å². The van der Waals surface area contributed by atoms with Crippen LogP contribution >= 0.6 is 11.6 Å². The second-order valence-electron chi connectivity index (χ2n) is 3.55. The van der Waals surface area contributed by atoms with Crippen LogP contribution in [0.3, 0.4) is 0 Å². The molecular formula is C13H10ClNO2. The monoisotopic (exact) mass is 247 g/mol. The SMILES string of the molecule is O=C(c1ccccc1)C(O)c1ccc(Cl)nc1. The molecule has 0 fully saturated rings. The number of ketones is 1. The number of aromatic nitrogens is 1. The van der Waals surface area contributed by atoms with Gasteiger partial charge in [-0.2, -0.15) is 0 Å². The van der Waals surface area contributed by atoms with Crippen molar-refractivity contribution in [1.29, 1.82) is 0 Å². The minimum absolute atomic E-state index is 0.327. The first kappa shape index (κ1) is 11.8. The van der Waals surface area contributed by atoms with Crippen molar-refractivity contribution in [1.82, 2.24) is 4.98 Å². The van der Waals surface area contributed by atoms with Crippen LogP contribution in [0.15, 0.2) is 48.7 Å². The van der Waals surface area contributed by atoms with Crippen molar-refractivity contribution in [3.05, 3.63) is 64.9 Å². The number of pyridine rings is 1. The maximum absolute atomic E-state index is 11.9. The van der Waals surface area contributed by atoms with Crippen LogP contribution in [0.25, 0.3) is 0 Å². The zero-order chi connectivity index (χ0) is 12.3. The lowest BCUT2D eigenvalue weighted by Crippen LogP contribution is -2.12. The van der Waals surface area contributed by atoms with Crippen molar-refractivity contribution in [3.63, 3.8) is 0 Å². The van der Waals surface area contributed by atoms with Crippen LogP contribution in [-0.2, 0) is 0 Å². The number of halogens is 1. The topological polar surface area (TPSA) is 50.2 Å². The summed E-state index contributed by atoms with van der Waals surface area (Å²) in [5.41, 5.74) is 0.901. The van der Waals surface area contributed by atoms with Crippen LogP contribution in [0.1, 0.15) is 22.0 Å². The summed E-state index contributed by atoms with van der Waals surface area (Å²) < 4.78 is 0. The molecule has 0 spiro atoms. The maximum atomic E-state index is 11.9. The Hall–Kier alpha value is -1.71. The zero-order valence-electron chi connectivity index (χ0n) is 8.88. The molecule has 0 amide bonds. The summed E-state index contributed by atoms with van der Waals surface area (Å²) in [4.78, 5) is 15.7. The molecule has 1 N–H and O–H groups in total. The molecule has 1 unspecified atom stereocenters. The van der Waals surface area contributed by atoms with E-state index in [-0.39, 0.29) is 5.78 Å². The highest BCUT2D eigenvalue weighted by Crippen LogP contribution is 2.18. The fraction of sp³-hybridized carbons (Fsp3) is 0.0769. The highest BCUT2D eigenvalue weighted by Gasteiger charge is 2.18. The molecule has 0 bridgehead atoms. The van der Waals surface area contributed by atoms with E-state index in [9.17, 15) is 9.90 Å². The van der Waals surface area contributed by atoms with Crippen molar-refractivity contribution in [2.45, 2.75) is 6.10 Å². The average Bonchev–Trinajstić information content (AvgIpc) is 2.39. The van der Waals surface area contributed by atoms with Crippen LogP contribution < -0.4 is 0 Å². The summed E-state index contributed by atoms with van der Waals surface area (Å²) in [7, 11) is 0. The predicted molar refractivity (Wildman–Crippen MR) is 65.0 cm³/mol. The van der Waals surface area contributed by atoms with Gasteiger partial charge < -0.3 is 5.11 Å². The van der Waals surface area contributed by atoms with E-state index < -0.39 is 6.10 Å². The minimum Gasteiger partial charge on any atom is -0.380 e. The Morgan fingerprint density at radius 2 is 1.88 bits per heavy atom. The predicted octanol–water partition coefficient (Wildman–Crippen LogP) is 2.65. The van der Waals surface area contributed by atoms with Gasteiger partial charge in [0, 0.05) is 17.3 Å². The first-order valence-electron chi connectivity index (χ1n) is 5.07. The number of benzene rings is 1. The molecule has 1 heterocycles. The largest absolute Gasteiger partial charge is 0.380 e. The van der Waals surface area contributed by atoms with Crippen LogP contribution in [0, 0.1) is 0 Å². The Balaban J connectivity index is 2.23. The lowest BCUT2D eigenvalue weighted by molar-refractivity contribution is 0.0747. The molecule has 2 rings (SSSR count). The molecule has 86 valence electrons. The number of aliphatic hydroxyl groups excluding tert-OH is 1. The van der Waals surface area contributed by atoms with Gasteiger partial charge in [-0.15, -0.1) is 0 Å². The Bertz CT molecular complexity index is 511. The van der Waals surface area contributed by atoms with Crippen molar-refractivity contribution in [2.24, 2.45) is 0 Å². The molecule has 2 aromatic rings. The Kier molecular flexibility index (Phi) is 3.52. The van der Waals surface area contributed by atoms with Crippen molar-refractivity contribution in [3.8, 4) is 0 Å². The normalized spacial score (nSPS) is 12.1. The minimum atomic E-state index is -1.21. The van der Waals surface area contributed by atoms with Gasteiger partial charge in [-0.1, -0.05) is 48.0 Å². The standard InChI is InChI=1S/C13H10ClNO2/c14-11-7-6-10(8-15-11)13(17)12(16)9-4-2-1-3-5-9/h1-8,13,17H. The summed E-state index contributed by atoms with van der Waals surface area (Å²) in [5.74, 6) is -0.352. The Labute approximate surface area is 104 Å². The smallest absolute Gasteiger partial charge is 0.195 e. The number of Topliss-reactive ketones (excluding diaryl/α,β-unsaturated/α-hetero) is 1. The number of carbonyl (C=O) groups is 1. The Morgan fingerprint density at radius 1 is 1.18 bits per heavy atom. The van der Waals surface area contributed by atoms with E-state index in [1.165, 1.54) is 6.20 Å². The molecule has 0 aliphatic rings. The highest BCUT2D eigenvalue weighted by atomic mass is 35.5. The van der Waals surface area contributed by atoms with Gasteiger partial charge in [0.25, 0.3) is 0 Å². The number of rotatable bonds is 3. The van der Waals surface area contributed by atoms with Crippen molar-refractivity contribution in [2.75, 3.05) is 0 Å². The number of hydrogen-bond donors (Lipinski definition) is 1. The van der Waals surface area contributed by atoms with Crippen molar-refractivity contribution >= 4 is 17.4 Å². The van der Waals surface area contributed by atoms with E-state index in [1.807, 2.05) is 6.07 Å². The third kappa shape index (κ3) is 2.70. The number of aliphatic hydroxyl groups is 1. The number of carbonyl (C=O) groups excluding carboxylic acids is 1. The fourth-order valence-electron chi connectivity index (χ4n) is 1.46. The lowest BCUT2D eigenvalue weighted by Gasteiger charge is -2.09. The van der Waals surface area contributed by atoms with E-state index in [1.54, 1.807) is 36.4 Å². The summed E-state index contributed by atoms with van der Waals surface area (Å²) in [6, 6.07) is 11.8. The summed E-state index contributed by atoms with van der Waals surface area (Å²) in [6.45, 7) is 0. The second-order valence-corrected chi connectivity index (χ2v) is 3.93. The number of nitrogens with zero attached hydrogens (tertiary/aromatic N) is 1. The second kappa shape index (κ2) is 5.08. The molecule has 17 heavy (non-hydrogen) atoms. The molecule has 3 nitrogen and oxygen atoms in total. The molecule has 1 aromatic heterocycles. The fourth-order valence-corrected chi connectivity index (χ4v) is 1.57. The van der Waals surface area contributed by atoms with E-state index in [0.717, 1.165) is 0 Å². The van der Waals surface area contributed by atoms with E-state index >= 15 is 0 Å². The average molecular weight is 248 g/mol. The molecule has 0 aliphatic carbocycles. The van der Waals surface area contributed by atoms with E-state index in [0.29, 0.717) is 16.3 Å². The molecular weight excluding hydrogens is 238 g/mol. The van der Waals surface area contributed by atoms with E-state index in [4.69, 9.17) is 11.6 Å². The number of hydrogen-bond acceptors (Lipinski definition) is 3. The first-order valence-corrected chi connectivity index (χ1v) is 5.45. The third-order valence-corrected chi connectivity index (χ3v) is 2.60. The van der Waals surface area contributed by atoms with E-state index in [2.05, 4.69) is 4.98 Å². The van der Waals surface area contributed by atoms with Gasteiger partial charge in [0.2, 0.25) is 0 Å². The molecule has 0 aliphatic heterocycles. The van der Waals surface area contributed by atoms with Gasteiger partial charge in [-0.25, -0.2) is 4.98 Å². The quantitative estimate of drug-likeness (QED) is 0.670. The summed E-state index contributed by atoms with van der Waals surface area (Å²) >= 11 is 5.64. The van der Waals surface area contributed by atoms with Crippen LogP contribution in [0.4, 0.5) is 0 Å². The van der Waals surface area contributed by atoms with Gasteiger partial charge in [0.1, 0.15) is 11.3 Å². The molecule has 0 saturated carbocycles.